The lowest BCUT2D eigenvalue weighted by Crippen LogP contribution is -2.35. The van der Waals surface area contributed by atoms with Gasteiger partial charge in [-0.25, -0.2) is 4.39 Å². The Morgan fingerprint density at radius 3 is 2.70 bits per heavy atom. The van der Waals surface area contributed by atoms with Gasteiger partial charge in [-0.3, -0.25) is 9.59 Å². The quantitative estimate of drug-likeness (QED) is 0.623. The fraction of sp³-hybridized carbons (Fsp3) is 0.304. The van der Waals surface area contributed by atoms with Crippen molar-refractivity contribution in [2.24, 2.45) is 0 Å². The predicted molar refractivity (Wildman–Crippen MR) is 111 cm³/mol. The van der Waals surface area contributed by atoms with Crippen molar-refractivity contribution in [1.82, 2.24) is 9.80 Å². The van der Waals surface area contributed by atoms with Crippen LogP contribution in [0.15, 0.2) is 51.7 Å². The summed E-state index contributed by atoms with van der Waals surface area (Å²) >= 11 is 0. The second-order valence-corrected chi connectivity index (χ2v) is 7.52. The van der Waals surface area contributed by atoms with E-state index in [4.69, 9.17) is 9.15 Å². The smallest absolute Gasteiger partial charge is 0.290 e. The summed E-state index contributed by atoms with van der Waals surface area (Å²) in [5.74, 6) is -0.204. The van der Waals surface area contributed by atoms with Crippen LogP contribution >= 0.6 is 0 Å². The minimum atomic E-state index is -0.628. The van der Waals surface area contributed by atoms with Gasteiger partial charge in [0.1, 0.15) is 17.1 Å². The monoisotopic (exact) mass is 410 g/mol. The summed E-state index contributed by atoms with van der Waals surface area (Å²) in [5.41, 5.74) is 0.795. The molecule has 0 saturated carbocycles. The molecule has 3 aromatic rings. The van der Waals surface area contributed by atoms with Crippen LogP contribution < -0.4 is 10.2 Å². The molecule has 0 bridgehead atoms. The van der Waals surface area contributed by atoms with Gasteiger partial charge in [-0.15, -0.1) is 0 Å². The summed E-state index contributed by atoms with van der Waals surface area (Å²) in [7, 11) is 3.83. The van der Waals surface area contributed by atoms with Gasteiger partial charge >= 0.3 is 0 Å². The van der Waals surface area contributed by atoms with Crippen molar-refractivity contribution in [3.8, 4) is 5.75 Å². The normalized spacial score (nSPS) is 15.8. The number of amides is 1. The molecule has 7 heteroatoms. The van der Waals surface area contributed by atoms with Crippen LogP contribution in [0.2, 0.25) is 0 Å². The van der Waals surface area contributed by atoms with Gasteiger partial charge in [-0.2, -0.15) is 0 Å². The molecule has 0 unspecified atom stereocenters. The highest BCUT2D eigenvalue weighted by molar-refractivity contribution is 5.99. The highest BCUT2D eigenvalue weighted by Gasteiger charge is 2.42. The van der Waals surface area contributed by atoms with Crippen LogP contribution in [0.25, 0.3) is 11.0 Å². The van der Waals surface area contributed by atoms with E-state index in [1.165, 1.54) is 12.1 Å². The summed E-state index contributed by atoms with van der Waals surface area (Å²) in [6.07, 6.45) is 0. The molecule has 2 heterocycles. The molecule has 1 aliphatic heterocycles. The van der Waals surface area contributed by atoms with E-state index >= 15 is 0 Å². The molecule has 4 rings (SSSR count). The van der Waals surface area contributed by atoms with Crippen molar-refractivity contribution in [1.29, 1.82) is 0 Å². The summed E-state index contributed by atoms with van der Waals surface area (Å²) in [4.78, 5) is 30.2. The lowest BCUT2D eigenvalue weighted by atomic mass is 9.98. The minimum Gasteiger partial charge on any atom is -0.494 e. The number of likely N-dealkylation sites (N-methyl/N-ethyl adjacent to an activating group) is 1. The summed E-state index contributed by atoms with van der Waals surface area (Å²) in [5, 5.41) is 0.127. The van der Waals surface area contributed by atoms with E-state index in [2.05, 4.69) is 0 Å². The molecule has 1 amide bonds. The third kappa shape index (κ3) is 3.45. The molecule has 0 aliphatic carbocycles. The van der Waals surface area contributed by atoms with Gasteiger partial charge in [0.25, 0.3) is 5.91 Å². The third-order valence-corrected chi connectivity index (χ3v) is 5.20. The Labute approximate surface area is 173 Å². The first kappa shape index (κ1) is 20.1. The third-order valence-electron chi connectivity index (χ3n) is 5.20. The Bertz CT molecular complexity index is 1170. The second-order valence-electron chi connectivity index (χ2n) is 7.52. The Hall–Kier alpha value is -3.19. The highest BCUT2D eigenvalue weighted by Crippen LogP contribution is 2.38. The van der Waals surface area contributed by atoms with Crippen molar-refractivity contribution in [2.45, 2.75) is 13.0 Å². The summed E-state index contributed by atoms with van der Waals surface area (Å²) in [6, 6.07) is 10.5. The molecule has 6 nitrogen and oxygen atoms in total. The molecule has 0 N–H and O–H groups in total. The van der Waals surface area contributed by atoms with E-state index in [-0.39, 0.29) is 28.2 Å². The van der Waals surface area contributed by atoms with Crippen LogP contribution in [0, 0.1) is 5.82 Å². The van der Waals surface area contributed by atoms with Crippen LogP contribution in [0.1, 0.15) is 34.6 Å². The van der Waals surface area contributed by atoms with Gasteiger partial charge in [0.15, 0.2) is 5.43 Å². The zero-order valence-electron chi connectivity index (χ0n) is 17.1. The molecule has 0 saturated heterocycles. The topological polar surface area (TPSA) is 63.0 Å². The molecule has 0 fully saturated rings. The van der Waals surface area contributed by atoms with Crippen molar-refractivity contribution < 1.29 is 18.3 Å². The molecular formula is C23H23FN2O4. The zero-order valence-corrected chi connectivity index (χ0v) is 17.1. The fourth-order valence-electron chi connectivity index (χ4n) is 3.82. The molecule has 30 heavy (non-hydrogen) atoms. The van der Waals surface area contributed by atoms with Crippen LogP contribution in [-0.2, 0) is 0 Å². The maximum absolute atomic E-state index is 13.8. The number of rotatable bonds is 6. The first-order valence-electron chi connectivity index (χ1n) is 9.85. The number of nitrogens with zero attached hydrogens (tertiary/aromatic N) is 2. The van der Waals surface area contributed by atoms with Crippen LogP contribution in [0.5, 0.6) is 5.75 Å². The molecule has 0 radical (unpaired) electrons. The highest BCUT2D eigenvalue weighted by atomic mass is 19.1. The number of fused-ring (bicyclic) bond motifs is 2. The number of ether oxygens (including phenoxy) is 1. The Balaban J connectivity index is 1.92. The predicted octanol–water partition coefficient (Wildman–Crippen LogP) is 3.44. The number of halogens is 1. The van der Waals surface area contributed by atoms with Crippen LogP contribution in [-0.4, -0.2) is 49.5 Å². The molecule has 2 aromatic carbocycles. The molecular weight excluding hydrogens is 387 g/mol. The van der Waals surface area contributed by atoms with Crippen molar-refractivity contribution >= 4 is 16.9 Å². The number of hydrogen-bond acceptors (Lipinski definition) is 5. The Morgan fingerprint density at radius 2 is 1.97 bits per heavy atom. The second kappa shape index (κ2) is 7.91. The number of carbonyl (C=O) groups is 1. The lowest BCUT2D eigenvalue weighted by Gasteiger charge is -2.26. The summed E-state index contributed by atoms with van der Waals surface area (Å²) in [6.45, 7) is 3.41. The first-order chi connectivity index (χ1) is 14.4. The molecule has 0 spiro atoms. The van der Waals surface area contributed by atoms with Gasteiger partial charge in [0.05, 0.1) is 23.6 Å². The van der Waals surface area contributed by atoms with Crippen LogP contribution in [0.4, 0.5) is 4.39 Å². The molecule has 156 valence electrons. The van der Waals surface area contributed by atoms with Gasteiger partial charge in [0, 0.05) is 13.1 Å². The average molecular weight is 410 g/mol. The standard InChI is InChI=1S/C23H23FN2O4/c1-4-29-16-7-5-6-14(12-16)20-19-21(27)17-13-15(24)8-9-18(17)30-22(19)23(28)26(20)11-10-25(2)3/h5-9,12-13,20H,4,10-11H2,1-3H3/t20-/m1/s1. The maximum atomic E-state index is 13.8. The first-order valence-corrected chi connectivity index (χ1v) is 9.85. The van der Waals surface area contributed by atoms with Gasteiger partial charge in [0.2, 0.25) is 5.76 Å². The van der Waals surface area contributed by atoms with E-state index in [1.54, 1.807) is 4.90 Å². The van der Waals surface area contributed by atoms with Crippen molar-refractivity contribution in [2.75, 3.05) is 33.8 Å². The largest absolute Gasteiger partial charge is 0.494 e. The zero-order chi connectivity index (χ0) is 21.4. The van der Waals surface area contributed by atoms with E-state index in [0.717, 1.165) is 11.6 Å². The SMILES string of the molecule is CCOc1cccc([C@@H]2c3c(oc4ccc(F)cc4c3=O)C(=O)N2CCN(C)C)c1. The summed E-state index contributed by atoms with van der Waals surface area (Å²) < 4.78 is 25.2. The van der Waals surface area contributed by atoms with E-state index in [9.17, 15) is 14.0 Å². The van der Waals surface area contributed by atoms with Crippen molar-refractivity contribution in [3.63, 3.8) is 0 Å². The number of hydrogen-bond donors (Lipinski definition) is 0. The van der Waals surface area contributed by atoms with Crippen molar-refractivity contribution in [3.05, 3.63) is 75.4 Å². The van der Waals surface area contributed by atoms with Crippen LogP contribution in [0.3, 0.4) is 0 Å². The van der Waals surface area contributed by atoms with Gasteiger partial charge in [-0.05, 0) is 56.9 Å². The van der Waals surface area contributed by atoms with E-state index < -0.39 is 17.3 Å². The average Bonchev–Trinajstić information content (AvgIpc) is 3.00. The van der Waals surface area contributed by atoms with E-state index in [1.807, 2.05) is 50.2 Å². The maximum Gasteiger partial charge on any atom is 0.290 e. The van der Waals surface area contributed by atoms with Gasteiger partial charge in [-0.1, -0.05) is 12.1 Å². The lowest BCUT2D eigenvalue weighted by molar-refractivity contribution is 0.0716. The van der Waals surface area contributed by atoms with Gasteiger partial charge < -0.3 is 19.0 Å². The molecule has 1 atom stereocenters. The van der Waals surface area contributed by atoms with E-state index in [0.29, 0.717) is 25.4 Å². The number of benzene rings is 2. The fourth-order valence-corrected chi connectivity index (χ4v) is 3.82. The molecule has 1 aromatic heterocycles. The Kier molecular flexibility index (Phi) is 5.30. The molecule has 1 aliphatic rings. The minimum absolute atomic E-state index is 0.0182. The number of carbonyl (C=O) groups excluding carboxylic acids is 1. The Morgan fingerprint density at radius 1 is 1.17 bits per heavy atom.